The summed E-state index contributed by atoms with van der Waals surface area (Å²) < 4.78 is 0. The van der Waals surface area contributed by atoms with Gasteiger partial charge in [-0.1, -0.05) is 0 Å². The zero-order chi connectivity index (χ0) is 11.4. The Morgan fingerprint density at radius 1 is 1.44 bits per heavy atom. The van der Waals surface area contributed by atoms with Crippen LogP contribution < -0.4 is 4.90 Å². The Bertz CT molecular complexity index is 480. The number of nitrogens with zero attached hydrogens (tertiary/aromatic N) is 4. The fraction of sp³-hybridized carbons (Fsp3) is 0.182. The molecular weight excluding hydrogens is 202 g/mol. The Balaban J connectivity index is 2.20. The Morgan fingerprint density at radius 2 is 2.19 bits per heavy atom. The fourth-order valence-electron chi connectivity index (χ4n) is 1.34. The Morgan fingerprint density at radius 3 is 2.75 bits per heavy atom. The van der Waals surface area contributed by atoms with E-state index in [0.717, 1.165) is 11.3 Å². The van der Waals surface area contributed by atoms with E-state index in [9.17, 15) is 0 Å². The van der Waals surface area contributed by atoms with Crippen molar-refractivity contribution in [2.45, 2.75) is 0 Å². The van der Waals surface area contributed by atoms with Crippen LogP contribution >= 0.6 is 0 Å². The average Bonchev–Trinajstić information content (AvgIpc) is 2.83. The summed E-state index contributed by atoms with van der Waals surface area (Å²) in [5.74, 6) is 0.553. The smallest absolute Gasteiger partial charge is 0.225 e. The standard InChI is InChI=1S/C11H11N5/c1-16(6-4-12)11-14-7-9(8-15-11)10-3-2-5-13-10/h2-3,5,7-8,13H,6H2,1H3. The molecule has 0 aliphatic carbocycles. The molecule has 5 heteroatoms. The van der Waals surface area contributed by atoms with Crippen molar-refractivity contribution in [1.82, 2.24) is 15.0 Å². The van der Waals surface area contributed by atoms with E-state index in [-0.39, 0.29) is 6.54 Å². The van der Waals surface area contributed by atoms with Gasteiger partial charge in [0.05, 0.1) is 6.07 Å². The van der Waals surface area contributed by atoms with E-state index < -0.39 is 0 Å². The first kappa shape index (κ1) is 10.2. The quantitative estimate of drug-likeness (QED) is 0.783. The van der Waals surface area contributed by atoms with Gasteiger partial charge >= 0.3 is 0 Å². The number of aromatic nitrogens is 3. The minimum Gasteiger partial charge on any atom is -0.361 e. The van der Waals surface area contributed by atoms with Gasteiger partial charge in [-0.05, 0) is 12.1 Å². The highest BCUT2D eigenvalue weighted by Crippen LogP contribution is 2.15. The van der Waals surface area contributed by atoms with Crippen molar-refractivity contribution in [3.63, 3.8) is 0 Å². The molecule has 2 rings (SSSR count). The van der Waals surface area contributed by atoms with Crippen molar-refractivity contribution < 1.29 is 0 Å². The average molecular weight is 213 g/mol. The van der Waals surface area contributed by atoms with Crippen LogP contribution in [0, 0.1) is 11.3 Å². The number of hydrogen-bond donors (Lipinski definition) is 1. The lowest BCUT2D eigenvalue weighted by molar-refractivity contribution is 0.947. The molecule has 0 atom stereocenters. The van der Waals surface area contributed by atoms with Crippen LogP contribution in [0.25, 0.3) is 11.3 Å². The molecular formula is C11H11N5. The first-order valence-electron chi connectivity index (χ1n) is 4.85. The minimum absolute atomic E-state index is 0.280. The lowest BCUT2D eigenvalue weighted by Gasteiger charge is -2.12. The lowest BCUT2D eigenvalue weighted by atomic mass is 10.2. The molecule has 0 aromatic carbocycles. The molecule has 1 N–H and O–H groups in total. The van der Waals surface area contributed by atoms with Gasteiger partial charge in [0.25, 0.3) is 0 Å². The predicted octanol–water partition coefficient (Wildman–Crippen LogP) is 1.43. The number of hydrogen-bond acceptors (Lipinski definition) is 4. The van der Waals surface area contributed by atoms with Crippen LogP contribution in [0.3, 0.4) is 0 Å². The van der Waals surface area contributed by atoms with E-state index in [4.69, 9.17) is 5.26 Å². The van der Waals surface area contributed by atoms with E-state index in [1.807, 2.05) is 24.4 Å². The highest BCUT2D eigenvalue weighted by atomic mass is 15.2. The van der Waals surface area contributed by atoms with E-state index in [1.165, 1.54) is 0 Å². The molecule has 2 aromatic rings. The van der Waals surface area contributed by atoms with E-state index in [0.29, 0.717) is 5.95 Å². The fourth-order valence-corrected chi connectivity index (χ4v) is 1.34. The first-order valence-corrected chi connectivity index (χ1v) is 4.85. The Kier molecular flexibility index (Phi) is 2.83. The predicted molar refractivity (Wildman–Crippen MR) is 60.7 cm³/mol. The molecule has 2 aromatic heterocycles. The van der Waals surface area contributed by atoms with Gasteiger partial charge in [0.1, 0.15) is 6.54 Å². The summed E-state index contributed by atoms with van der Waals surface area (Å²) >= 11 is 0. The molecule has 80 valence electrons. The molecule has 0 aliphatic heterocycles. The molecule has 16 heavy (non-hydrogen) atoms. The number of aromatic amines is 1. The molecule has 0 saturated carbocycles. The largest absolute Gasteiger partial charge is 0.361 e. The van der Waals surface area contributed by atoms with Crippen LogP contribution in [0.1, 0.15) is 0 Å². The molecule has 0 fully saturated rings. The summed E-state index contributed by atoms with van der Waals surface area (Å²) in [6, 6.07) is 5.93. The normalized spacial score (nSPS) is 9.75. The maximum atomic E-state index is 8.55. The second kappa shape index (κ2) is 4.45. The van der Waals surface area contributed by atoms with Crippen LogP contribution in [-0.2, 0) is 0 Å². The number of anilines is 1. The lowest BCUT2D eigenvalue weighted by Crippen LogP contribution is -2.19. The van der Waals surface area contributed by atoms with Gasteiger partial charge in [-0.3, -0.25) is 0 Å². The molecule has 0 amide bonds. The van der Waals surface area contributed by atoms with Gasteiger partial charge in [-0.15, -0.1) is 0 Å². The second-order valence-corrected chi connectivity index (χ2v) is 3.37. The Hall–Kier alpha value is -2.35. The van der Waals surface area contributed by atoms with Crippen molar-refractivity contribution in [2.75, 3.05) is 18.5 Å². The molecule has 5 nitrogen and oxygen atoms in total. The summed E-state index contributed by atoms with van der Waals surface area (Å²) in [5, 5.41) is 8.55. The summed E-state index contributed by atoms with van der Waals surface area (Å²) in [6.45, 7) is 0.280. The number of nitriles is 1. The van der Waals surface area contributed by atoms with Crippen LogP contribution in [0.2, 0.25) is 0 Å². The van der Waals surface area contributed by atoms with Gasteiger partial charge in [-0.25, -0.2) is 9.97 Å². The third-order valence-electron chi connectivity index (χ3n) is 2.20. The molecule has 0 bridgehead atoms. The maximum Gasteiger partial charge on any atom is 0.225 e. The topological polar surface area (TPSA) is 68.6 Å². The molecule has 2 heterocycles. The second-order valence-electron chi connectivity index (χ2n) is 3.37. The van der Waals surface area contributed by atoms with Gasteiger partial charge in [0, 0.05) is 36.9 Å². The van der Waals surface area contributed by atoms with Crippen molar-refractivity contribution in [3.8, 4) is 17.3 Å². The van der Waals surface area contributed by atoms with Gasteiger partial charge in [0.2, 0.25) is 5.95 Å². The zero-order valence-corrected chi connectivity index (χ0v) is 8.88. The molecule has 0 spiro atoms. The third-order valence-corrected chi connectivity index (χ3v) is 2.20. The Labute approximate surface area is 93.4 Å². The van der Waals surface area contributed by atoms with Crippen molar-refractivity contribution >= 4 is 5.95 Å². The summed E-state index contributed by atoms with van der Waals surface area (Å²) in [7, 11) is 1.78. The highest BCUT2D eigenvalue weighted by Gasteiger charge is 2.04. The van der Waals surface area contributed by atoms with Crippen LogP contribution in [0.15, 0.2) is 30.7 Å². The SMILES string of the molecule is CN(CC#N)c1ncc(-c2ccc[nH]2)cn1. The maximum absolute atomic E-state index is 8.55. The monoisotopic (exact) mass is 213 g/mol. The first-order chi connectivity index (χ1) is 7.81. The van der Waals surface area contributed by atoms with Gasteiger partial charge in [-0.2, -0.15) is 5.26 Å². The third kappa shape index (κ3) is 2.01. The summed E-state index contributed by atoms with van der Waals surface area (Å²) in [6.07, 6.45) is 5.33. The molecule has 0 unspecified atom stereocenters. The summed E-state index contributed by atoms with van der Waals surface area (Å²) in [4.78, 5) is 13.2. The van der Waals surface area contributed by atoms with E-state index in [1.54, 1.807) is 24.3 Å². The summed E-state index contributed by atoms with van der Waals surface area (Å²) in [5.41, 5.74) is 1.91. The number of rotatable bonds is 3. The number of H-pyrrole nitrogens is 1. The van der Waals surface area contributed by atoms with Crippen molar-refractivity contribution in [1.29, 1.82) is 5.26 Å². The van der Waals surface area contributed by atoms with Crippen molar-refractivity contribution in [3.05, 3.63) is 30.7 Å². The molecule has 0 saturated heterocycles. The van der Waals surface area contributed by atoms with Crippen molar-refractivity contribution in [2.24, 2.45) is 0 Å². The number of nitrogens with one attached hydrogen (secondary N) is 1. The molecule has 0 aliphatic rings. The highest BCUT2D eigenvalue weighted by molar-refractivity contribution is 5.57. The van der Waals surface area contributed by atoms with E-state index >= 15 is 0 Å². The van der Waals surface area contributed by atoms with Gasteiger partial charge in [0.15, 0.2) is 0 Å². The molecule has 0 radical (unpaired) electrons. The van der Waals surface area contributed by atoms with E-state index in [2.05, 4.69) is 15.0 Å². The van der Waals surface area contributed by atoms with Crippen LogP contribution in [0.4, 0.5) is 5.95 Å². The zero-order valence-electron chi connectivity index (χ0n) is 8.88. The minimum atomic E-state index is 0.280. The van der Waals surface area contributed by atoms with Gasteiger partial charge < -0.3 is 9.88 Å². The van der Waals surface area contributed by atoms with Crippen LogP contribution in [-0.4, -0.2) is 28.5 Å². The van der Waals surface area contributed by atoms with Crippen LogP contribution in [0.5, 0.6) is 0 Å².